The van der Waals surface area contributed by atoms with E-state index in [9.17, 15) is 0 Å². The zero-order valence-corrected chi connectivity index (χ0v) is 41.8. The first-order valence-corrected chi connectivity index (χ1v) is 26.7. The third-order valence-electron chi connectivity index (χ3n) is 16.9. The van der Waals surface area contributed by atoms with Crippen molar-refractivity contribution in [2.24, 2.45) is 0 Å². The molecule has 0 saturated heterocycles. The van der Waals surface area contributed by atoms with Gasteiger partial charge in [0.1, 0.15) is 11.2 Å². The number of furan rings is 1. The lowest BCUT2D eigenvalue weighted by Crippen LogP contribution is -1.88. The molecule has 0 aliphatic carbocycles. The van der Waals surface area contributed by atoms with Crippen molar-refractivity contribution in [3.8, 4) is 44.5 Å². The zero-order valence-electron chi connectivity index (χ0n) is 41.8. The molecule has 0 spiro atoms. The monoisotopic (exact) mass is 972 g/mol. The van der Waals surface area contributed by atoms with Gasteiger partial charge < -0.3 is 4.42 Å². The van der Waals surface area contributed by atoms with Crippen LogP contribution in [0, 0.1) is 0 Å². The largest absolute Gasteiger partial charge is 0.456 e. The van der Waals surface area contributed by atoms with Gasteiger partial charge in [-0.3, -0.25) is 0 Å². The van der Waals surface area contributed by atoms with Crippen LogP contribution < -0.4 is 0 Å². The van der Waals surface area contributed by atoms with Crippen molar-refractivity contribution in [1.29, 1.82) is 0 Å². The van der Waals surface area contributed by atoms with Gasteiger partial charge in [-0.05, 0) is 213 Å². The van der Waals surface area contributed by atoms with E-state index in [1.54, 1.807) is 0 Å². The first-order valence-electron chi connectivity index (χ1n) is 26.7. The van der Waals surface area contributed by atoms with Crippen LogP contribution >= 0.6 is 0 Å². The van der Waals surface area contributed by atoms with Crippen LogP contribution in [0.4, 0.5) is 0 Å². The molecule has 1 nitrogen and oxygen atoms in total. The van der Waals surface area contributed by atoms with Crippen molar-refractivity contribution in [3.63, 3.8) is 0 Å². The number of rotatable bonds is 4. The predicted octanol–water partition coefficient (Wildman–Crippen LogP) is 21.8. The molecule has 17 rings (SSSR count). The summed E-state index contributed by atoms with van der Waals surface area (Å²) in [6, 6.07) is 99.3. The fourth-order valence-electron chi connectivity index (χ4n) is 13.2. The SMILES string of the molecule is c1ccc2c(c1)ccc1ccc3cc(-c4ccc5cc(-c6ccc7oc8ccc(-c9ccc%10cc(-c%11cc%12ccc%13ccccc%13c%12c%12c%11ccc%11ccccc%11%12)ccc%10c9)cc8c7c6)ccc5c4)c4ccccc4c3c12. The maximum absolute atomic E-state index is 6.48. The van der Waals surface area contributed by atoms with Crippen LogP contribution in [0.25, 0.3) is 174 Å². The van der Waals surface area contributed by atoms with Crippen LogP contribution in [0.2, 0.25) is 0 Å². The average molecular weight is 973 g/mol. The molecule has 77 heavy (non-hydrogen) atoms. The highest BCUT2D eigenvalue weighted by Gasteiger charge is 2.18. The van der Waals surface area contributed by atoms with E-state index < -0.39 is 0 Å². The van der Waals surface area contributed by atoms with E-state index in [1.807, 2.05) is 0 Å². The molecule has 0 bridgehead atoms. The normalized spacial score (nSPS) is 12.2. The molecule has 0 N–H and O–H groups in total. The number of fused-ring (bicyclic) bond motifs is 19. The molecule has 354 valence electrons. The van der Waals surface area contributed by atoms with Crippen LogP contribution in [-0.4, -0.2) is 0 Å². The summed E-state index contributed by atoms with van der Waals surface area (Å²) in [6.07, 6.45) is 0. The third kappa shape index (κ3) is 6.48. The van der Waals surface area contributed by atoms with Crippen LogP contribution in [0.3, 0.4) is 0 Å². The lowest BCUT2D eigenvalue weighted by Gasteiger charge is -2.16. The van der Waals surface area contributed by atoms with Crippen molar-refractivity contribution in [2.75, 3.05) is 0 Å². The Kier molecular flexibility index (Phi) is 8.90. The molecular weight excluding hydrogens is 929 g/mol. The Morgan fingerprint density at radius 1 is 0.169 bits per heavy atom. The van der Waals surface area contributed by atoms with Crippen molar-refractivity contribution >= 4 is 130 Å². The second kappa shape index (κ2) is 16.2. The summed E-state index contributed by atoms with van der Waals surface area (Å²) in [5, 5.41) is 27.7. The molecule has 0 radical (unpaired) electrons. The molecule has 0 amide bonds. The van der Waals surface area contributed by atoms with Crippen molar-refractivity contribution in [2.45, 2.75) is 0 Å². The molecule has 0 fully saturated rings. The standard InChI is InChI=1S/C76H44O/c1-4-12-61-45(9-1)17-19-48-20-30-60-43-67(64-15-7-8-16-65(64)75(60)73(48)61)57-27-25-49-37-51(21-23-53(49)39-57)55-32-35-71-69(41-55)70-42-56(33-36-72(70)77-71)52-22-24-54-40-58(28-26-50(54)38-52)68-44-59-29-18-46-10-2-5-13-62(46)74(59)76-63-14-6-3-11-47(63)31-34-66(68)76/h1-44H. The summed E-state index contributed by atoms with van der Waals surface area (Å²) in [7, 11) is 0. The Morgan fingerprint density at radius 3 is 1.04 bits per heavy atom. The maximum Gasteiger partial charge on any atom is 0.135 e. The second-order valence-electron chi connectivity index (χ2n) is 21.1. The van der Waals surface area contributed by atoms with Crippen molar-refractivity contribution in [1.82, 2.24) is 0 Å². The molecule has 1 heteroatoms. The summed E-state index contributed by atoms with van der Waals surface area (Å²) >= 11 is 0. The Morgan fingerprint density at radius 2 is 0.506 bits per heavy atom. The van der Waals surface area contributed by atoms with Crippen LogP contribution in [0.1, 0.15) is 0 Å². The zero-order chi connectivity index (χ0) is 50.3. The topological polar surface area (TPSA) is 13.1 Å². The van der Waals surface area contributed by atoms with E-state index in [4.69, 9.17) is 4.42 Å². The molecule has 0 aliphatic heterocycles. The Hall–Kier alpha value is -10.1. The van der Waals surface area contributed by atoms with Gasteiger partial charge in [0.15, 0.2) is 0 Å². The highest BCUT2D eigenvalue weighted by molar-refractivity contribution is 6.31. The Balaban J connectivity index is 0.713. The third-order valence-corrected chi connectivity index (χ3v) is 16.9. The van der Waals surface area contributed by atoms with Gasteiger partial charge in [-0.25, -0.2) is 0 Å². The Bertz CT molecular complexity index is 5400. The van der Waals surface area contributed by atoms with Crippen molar-refractivity contribution < 1.29 is 4.42 Å². The average Bonchev–Trinajstić information content (AvgIpc) is 3.88. The van der Waals surface area contributed by atoms with Gasteiger partial charge in [-0.15, -0.1) is 0 Å². The van der Waals surface area contributed by atoms with Gasteiger partial charge >= 0.3 is 0 Å². The molecular formula is C76H44O. The minimum absolute atomic E-state index is 0.892. The molecule has 0 saturated carbocycles. The summed E-state index contributed by atoms with van der Waals surface area (Å²) in [6.45, 7) is 0. The highest BCUT2D eigenvalue weighted by atomic mass is 16.3. The van der Waals surface area contributed by atoms with E-state index in [1.165, 1.54) is 152 Å². The number of benzene rings is 16. The fourth-order valence-corrected chi connectivity index (χ4v) is 13.2. The molecule has 1 heterocycles. The van der Waals surface area contributed by atoms with Crippen LogP contribution in [0.5, 0.6) is 0 Å². The van der Waals surface area contributed by atoms with Gasteiger partial charge in [0.2, 0.25) is 0 Å². The molecule has 16 aromatic carbocycles. The molecule has 0 atom stereocenters. The predicted molar refractivity (Wildman–Crippen MR) is 331 cm³/mol. The number of hydrogen-bond donors (Lipinski definition) is 0. The summed E-state index contributed by atoms with van der Waals surface area (Å²) in [4.78, 5) is 0. The number of hydrogen-bond acceptors (Lipinski definition) is 1. The van der Waals surface area contributed by atoms with E-state index >= 15 is 0 Å². The minimum atomic E-state index is 0.892. The molecule has 0 unspecified atom stereocenters. The summed E-state index contributed by atoms with van der Waals surface area (Å²) in [5.74, 6) is 0. The summed E-state index contributed by atoms with van der Waals surface area (Å²) < 4.78 is 6.48. The lowest BCUT2D eigenvalue weighted by atomic mass is 9.87. The van der Waals surface area contributed by atoms with Gasteiger partial charge in [0, 0.05) is 10.8 Å². The first-order chi connectivity index (χ1) is 38.1. The van der Waals surface area contributed by atoms with Crippen LogP contribution in [-0.2, 0) is 0 Å². The van der Waals surface area contributed by atoms with Gasteiger partial charge in [-0.1, -0.05) is 206 Å². The molecule has 0 aliphatic rings. The van der Waals surface area contributed by atoms with Gasteiger partial charge in [0.05, 0.1) is 0 Å². The maximum atomic E-state index is 6.48. The van der Waals surface area contributed by atoms with Gasteiger partial charge in [-0.2, -0.15) is 0 Å². The van der Waals surface area contributed by atoms with Crippen molar-refractivity contribution in [3.05, 3.63) is 267 Å². The Labute approximate surface area is 443 Å². The quantitative estimate of drug-likeness (QED) is 0.160. The first kappa shape index (κ1) is 42.3. The highest BCUT2D eigenvalue weighted by Crippen LogP contribution is 2.45. The fraction of sp³-hybridized carbons (Fsp3) is 0. The summed E-state index contributed by atoms with van der Waals surface area (Å²) in [5.41, 5.74) is 11.4. The molecule has 1 aromatic heterocycles. The van der Waals surface area contributed by atoms with Crippen LogP contribution in [0.15, 0.2) is 271 Å². The van der Waals surface area contributed by atoms with E-state index in [0.29, 0.717) is 0 Å². The second-order valence-corrected chi connectivity index (χ2v) is 21.1. The van der Waals surface area contributed by atoms with E-state index in [2.05, 4.69) is 267 Å². The molecule has 17 aromatic rings. The van der Waals surface area contributed by atoms with Gasteiger partial charge in [0.25, 0.3) is 0 Å². The smallest absolute Gasteiger partial charge is 0.135 e. The minimum Gasteiger partial charge on any atom is -0.456 e. The van der Waals surface area contributed by atoms with E-state index in [-0.39, 0.29) is 0 Å². The lowest BCUT2D eigenvalue weighted by molar-refractivity contribution is 0.669. The van der Waals surface area contributed by atoms with E-state index in [0.717, 1.165) is 21.9 Å².